The number of esters is 1. The summed E-state index contributed by atoms with van der Waals surface area (Å²) in [7, 11) is 0. The summed E-state index contributed by atoms with van der Waals surface area (Å²) >= 11 is 3.45. The molecule has 1 aromatic carbocycles. The van der Waals surface area contributed by atoms with E-state index in [9.17, 15) is 4.79 Å². The molecule has 0 amide bonds. The Hall–Kier alpha value is -1.09. The molecule has 0 saturated carbocycles. The van der Waals surface area contributed by atoms with Crippen LogP contribution in [0, 0.1) is 0 Å². The molecule has 104 valence electrons. The number of carbonyl (C=O) groups is 1. The number of rotatable bonds is 4. The Kier molecular flexibility index (Phi) is 5.80. The van der Waals surface area contributed by atoms with Crippen LogP contribution in [0.5, 0.6) is 0 Å². The quantitative estimate of drug-likeness (QED) is 0.594. The van der Waals surface area contributed by atoms with Gasteiger partial charge in [-0.3, -0.25) is 0 Å². The second-order valence-corrected chi connectivity index (χ2v) is 6.57. The molecule has 0 fully saturated rings. The number of carbonyl (C=O) groups excluding carboxylic acids is 1. The third-order valence-electron chi connectivity index (χ3n) is 2.47. The maximum atomic E-state index is 11.6. The van der Waals surface area contributed by atoms with Crippen LogP contribution < -0.4 is 0 Å². The maximum absolute atomic E-state index is 11.6. The zero-order valence-corrected chi connectivity index (χ0v) is 13.6. The van der Waals surface area contributed by atoms with Gasteiger partial charge in [-0.05, 0) is 58.2 Å². The van der Waals surface area contributed by atoms with Gasteiger partial charge in [0.25, 0.3) is 0 Å². The first-order valence-corrected chi connectivity index (χ1v) is 7.20. The molecular formula is C16H21BrO2. The van der Waals surface area contributed by atoms with Gasteiger partial charge in [0.2, 0.25) is 0 Å². The second kappa shape index (κ2) is 6.90. The molecule has 1 aromatic rings. The van der Waals surface area contributed by atoms with Crippen molar-refractivity contribution in [2.45, 2.75) is 46.1 Å². The van der Waals surface area contributed by atoms with E-state index in [4.69, 9.17) is 4.74 Å². The van der Waals surface area contributed by atoms with Crippen molar-refractivity contribution in [3.8, 4) is 0 Å². The van der Waals surface area contributed by atoms with Crippen LogP contribution in [0.25, 0.3) is 0 Å². The lowest BCUT2D eigenvalue weighted by atomic mass is 10.1. The summed E-state index contributed by atoms with van der Waals surface area (Å²) in [5.74, 6) is -0.265. The fraction of sp³-hybridized carbons (Fsp3) is 0.438. The topological polar surface area (TPSA) is 26.3 Å². The molecule has 0 heterocycles. The van der Waals surface area contributed by atoms with Gasteiger partial charge in [-0.1, -0.05) is 33.6 Å². The number of benzene rings is 1. The van der Waals surface area contributed by atoms with E-state index >= 15 is 0 Å². The highest BCUT2D eigenvalue weighted by Crippen LogP contribution is 2.15. The largest absolute Gasteiger partial charge is 0.457 e. The molecule has 0 bridgehead atoms. The Morgan fingerprint density at radius 2 is 2.05 bits per heavy atom. The number of allylic oxidation sites excluding steroid dienone is 1. The predicted octanol–water partition coefficient (Wildman–Crippen LogP) is 4.67. The van der Waals surface area contributed by atoms with Gasteiger partial charge in [-0.15, -0.1) is 0 Å². The molecule has 0 aliphatic carbocycles. The van der Waals surface area contributed by atoms with Gasteiger partial charge in [0.05, 0.1) is 0 Å². The molecule has 0 N–H and O–H groups in total. The average molecular weight is 325 g/mol. The van der Waals surface area contributed by atoms with Crippen molar-refractivity contribution in [1.29, 1.82) is 0 Å². The van der Waals surface area contributed by atoms with E-state index in [1.54, 1.807) is 6.08 Å². The first-order chi connectivity index (χ1) is 8.76. The van der Waals surface area contributed by atoms with Gasteiger partial charge >= 0.3 is 5.97 Å². The number of halogens is 1. The Morgan fingerprint density at radius 1 is 1.37 bits per heavy atom. The molecule has 0 saturated heterocycles. The summed E-state index contributed by atoms with van der Waals surface area (Å²) in [6, 6.07) is 8.21. The molecule has 3 heteroatoms. The minimum absolute atomic E-state index is 0.265. The average Bonchev–Trinajstić information content (AvgIpc) is 2.23. The van der Waals surface area contributed by atoms with Gasteiger partial charge in [0.1, 0.15) is 5.60 Å². The highest BCUT2D eigenvalue weighted by Gasteiger charge is 2.14. The van der Waals surface area contributed by atoms with Crippen LogP contribution >= 0.6 is 15.9 Å². The number of hydrogen-bond acceptors (Lipinski definition) is 2. The molecule has 1 rings (SSSR count). The number of ether oxygens (including phenoxy) is 1. The van der Waals surface area contributed by atoms with Crippen molar-refractivity contribution in [1.82, 2.24) is 0 Å². The Balaban J connectivity index is 2.51. The normalized spacial score (nSPS) is 12.4. The molecular weight excluding hydrogens is 304 g/mol. The lowest BCUT2D eigenvalue weighted by Gasteiger charge is -2.18. The van der Waals surface area contributed by atoms with Crippen LogP contribution in [0.3, 0.4) is 0 Å². The van der Waals surface area contributed by atoms with Crippen LogP contribution in [-0.4, -0.2) is 11.6 Å². The Bertz CT molecular complexity index is 470. The minimum atomic E-state index is -0.432. The summed E-state index contributed by atoms with van der Waals surface area (Å²) in [6.07, 6.45) is 3.36. The Morgan fingerprint density at radius 3 is 2.63 bits per heavy atom. The van der Waals surface area contributed by atoms with Crippen LogP contribution in [-0.2, 0) is 16.0 Å². The SMILES string of the molecule is CC(=CC(=O)OC(C)(C)C)CCc1cccc(Br)c1. The van der Waals surface area contributed by atoms with Crippen molar-refractivity contribution in [2.75, 3.05) is 0 Å². The zero-order valence-electron chi connectivity index (χ0n) is 12.0. The van der Waals surface area contributed by atoms with E-state index < -0.39 is 5.60 Å². The predicted molar refractivity (Wildman–Crippen MR) is 82.1 cm³/mol. The maximum Gasteiger partial charge on any atom is 0.331 e. The van der Waals surface area contributed by atoms with E-state index in [0.29, 0.717) is 0 Å². The lowest BCUT2D eigenvalue weighted by Crippen LogP contribution is -2.22. The Labute approximate surface area is 124 Å². The highest BCUT2D eigenvalue weighted by molar-refractivity contribution is 9.10. The third kappa shape index (κ3) is 7.16. The van der Waals surface area contributed by atoms with Crippen molar-refractivity contribution in [2.24, 2.45) is 0 Å². The summed E-state index contributed by atoms with van der Waals surface area (Å²) < 4.78 is 6.34. The molecule has 0 radical (unpaired) electrons. The fourth-order valence-corrected chi connectivity index (χ4v) is 2.09. The van der Waals surface area contributed by atoms with Gasteiger partial charge in [0.15, 0.2) is 0 Å². The van der Waals surface area contributed by atoms with E-state index in [0.717, 1.165) is 22.9 Å². The number of hydrogen-bond donors (Lipinski definition) is 0. The first kappa shape index (κ1) is 16.0. The molecule has 2 nitrogen and oxygen atoms in total. The van der Waals surface area contributed by atoms with E-state index in [-0.39, 0.29) is 5.97 Å². The highest BCUT2D eigenvalue weighted by atomic mass is 79.9. The molecule has 0 spiro atoms. The standard InChI is InChI=1S/C16H21BrO2/c1-12(10-15(18)19-16(2,3)4)8-9-13-6-5-7-14(17)11-13/h5-7,10-11H,8-9H2,1-4H3. The van der Waals surface area contributed by atoms with Gasteiger partial charge < -0.3 is 4.74 Å². The van der Waals surface area contributed by atoms with Gasteiger partial charge in [-0.2, -0.15) is 0 Å². The third-order valence-corrected chi connectivity index (χ3v) is 2.96. The smallest absolute Gasteiger partial charge is 0.331 e. The van der Waals surface area contributed by atoms with Crippen molar-refractivity contribution >= 4 is 21.9 Å². The summed E-state index contributed by atoms with van der Waals surface area (Å²) in [6.45, 7) is 7.57. The van der Waals surface area contributed by atoms with Crippen molar-refractivity contribution in [3.05, 3.63) is 46.0 Å². The van der Waals surface area contributed by atoms with E-state index in [2.05, 4.69) is 28.1 Å². The second-order valence-electron chi connectivity index (χ2n) is 5.65. The minimum Gasteiger partial charge on any atom is -0.457 e. The summed E-state index contributed by atoms with van der Waals surface area (Å²) in [5, 5.41) is 0. The molecule has 0 atom stereocenters. The van der Waals surface area contributed by atoms with Crippen LogP contribution in [0.15, 0.2) is 40.4 Å². The van der Waals surface area contributed by atoms with Crippen LogP contribution in [0.4, 0.5) is 0 Å². The molecule has 0 aliphatic rings. The first-order valence-electron chi connectivity index (χ1n) is 6.41. The zero-order chi connectivity index (χ0) is 14.5. The summed E-state index contributed by atoms with van der Waals surface area (Å²) in [4.78, 5) is 11.6. The summed E-state index contributed by atoms with van der Waals surface area (Å²) in [5.41, 5.74) is 1.86. The molecule has 0 unspecified atom stereocenters. The number of aryl methyl sites for hydroxylation is 1. The van der Waals surface area contributed by atoms with Gasteiger partial charge in [-0.25, -0.2) is 4.79 Å². The van der Waals surface area contributed by atoms with Crippen molar-refractivity contribution in [3.63, 3.8) is 0 Å². The monoisotopic (exact) mass is 324 g/mol. The van der Waals surface area contributed by atoms with Crippen LogP contribution in [0.1, 0.15) is 39.7 Å². The van der Waals surface area contributed by atoms with Gasteiger partial charge in [0, 0.05) is 10.5 Å². The molecule has 0 aliphatic heterocycles. The fourth-order valence-electron chi connectivity index (χ4n) is 1.64. The van der Waals surface area contributed by atoms with Crippen LogP contribution in [0.2, 0.25) is 0 Å². The lowest BCUT2D eigenvalue weighted by molar-refractivity contribution is -0.148. The molecule has 0 aromatic heterocycles. The molecule has 19 heavy (non-hydrogen) atoms. The van der Waals surface area contributed by atoms with Crippen molar-refractivity contribution < 1.29 is 9.53 Å². The van der Waals surface area contributed by atoms with E-state index in [1.807, 2.05) is 39.8 Å². The van der Waals surface area contributed by atoms with E-state index in [1.165, 1.54) is 5.56 Å².